The van der Waals surface area contributed by atoms with E-state index in [4.69, 9.17) is 0 Å². The van der Waals surface area contributed by atoms with Crippen LogP contribution in [0.3, 0.4) is 0 Å². The number of fused-ring (bicyclic) bond motifs is 1. The van der Waals surface area contributed by atoms with Crippen LogP contribution in [-0.4, -0.2) is 27.8 Å². The third kappa shape index (κ3) is 3.76. The quantitative estimate of drug-likeness (QED) is 0.676. The average Bonchev–Trinajstić information content (AvgIpc) is 2.92. The van der Waals surface area contributed by atoms with Crippen LogP contribution in [0.25, 0.3) is 10.2 Å². The molecule has 1 aliphatic rings. The van der Waals surface area contributed by atoms with Crippen molar-refractivity contribution < 1.29 is 10.2 Å². The van der Waals surface area contributed by atoms with E-state index in [0.717, 1.165) is 11.3 Å². The number of hydrogen-bond acceptors (Lipinski definition) is 5. The molecular weight excluding hydrogens is 312 g/mol. The van der Waals surface area contributed by atoms with Gasteiger partial charge in [-0.2, -0.15) is 0 Å². The Bertz CT molecular complexity index is 718. The van der Waals surface area contributed by atoms with Crippen molar-refractivity contribution in [2.45, 2.75) is 51.2 Å². The van der Waals surface area contributed by atoms with Crippen LogP contribution >= 0.6 is 11.3 Å². The van der Waals surface area contributed by atoms with Gasteiger partial charge in [0, 0.05) is 24.2 Å². The fraction of sp³-hybridized carbons (Fsp3) is 0.588. The van der Waals surface area contributed by atoms with E-state index < -0.39 is 6.10 Å². The van der Waals surface area contributed by atoms with Crippen molar-refractivity contribution in [1.29, 1.82) is 0 Å². The van der Waals surface area contributed by atoms with Gasteiger partial charge in [0.05, 0.1) is 16.3 Å². The van der Waals surface area contributed by atoms with Crippen LogP contribution < -0.4 is 10.2 Å². The maximum Gasteiger partial charge on any atom is 0.305 e. The Morgan fingerprint density at radius 1 is 1.35 bits per heavy atom. The van der Waals surface area contributed by atoms with E-state index in [0.29, 0.717) is 34.3 Å². The van der Waals surface area contributed by atoms with Crippen LogP contribution in [0, 0.1) is 5.92 Å². The van der Waals surface area contributed by atoms with Gasteiger partial charge in [-0.15, -0.1) is 0 Å². The summed E-state index contributed by atoms with van der Waals surface area (Å²) >= 11 is 1.07. The molecule has 1 aromatic heterocycles. The molecule has 5 nitrogen and oxygen atoms in total. The lowest BCUT2D eigenvalue weighted by molar-refractivity contribution is 0.162. The average molecular weight is 336 g/mol. The number of benzene rings is 1. The van der Waals surface area contributed by atoms with E-state index in [1.807, 2.05) is 0 Å². The first-order chi connectivity index (χ1) is 11.0. The maximum atomic E-state index is 11.5. The summed E-state index contributed by atoms with van der Waals surface area (Å²) in [7, 11) is 0. The molecule has 0 saturated heterocycles. The molecule has 0 bridgehead atoms. The molecule has 126 valence electrons. The summed E-state index contributed by atoms with van der Waals surface area (Å²) in [5, 5.41) is 23.7. The number of aromatic nitrogens is 1. The number of H-pyrrole nitrogens is 1. The zero-order valence-electron chi connectivity index (χ0n) is 13.3. The lowest BCUT2D eigenvalue weighted by atomic mass is 9.84. The summed E-state index contributed by atoms with van der Waals surface area (Å²) < 4.78 is 0.715. The molecule has 6 heteroatoms. The molecule has 1 aromatic carbocycles. The van der Waals surface area contributed by atoms with Crippen LogP contribution in [0.2, 0.25) is 0 Å². The van der Waals surface area contributed by atoms with Crippen LogP contribution in [-0.2, 0) is 0 Å². The highest BCUT2D eigenvalue weighted by Gasteiger charge is 2.21. The number of rotatable bonds is 5. The molecule has 1 heterocycles. The zero-order valence-corrected chi connectivity index (χ0v) is 14.2. The fourth-order valence-electron chi connectivity index (χ4n) is 3.53. The minimum Gasteiger partial charge on any atom is -0.508 e. The summed E-state index contributed by atoms with van der Waals surface area (Å²) in [6, 6.07) is 3.42. The number of phenolic OH excluding ortho intramolecular Hbond substituents is 1. The largest absolute Gasteiger partial charge is 0.508 e. The molecule has 3 rings (SSSR count). The lowest BCUT2D eigenvalue weighted by Crippen LogP contribution is -2.37. The molecule has 0 radical (unpaired) electrons. The Labute approximate surface area is 139 Å². The van der Waals surface area contributed by atoms with Gasteiger partial charge in [0.15, 0.2) is 0 Å². The number of hydrogen-bond donors (Lipinski definition) is 4. The van der Waals surface area contributed by atoms with Crippen LogP contribution in [0.4, 0.5) is 0 Å². The molecule has 1 unspecified atom stereocenters. The fourth-order valence-corrected chi connectivity index (χ4v) is 4.41. The van der Waals surface area contributed by atoms with E-state index in [-0.39, 0.29) is 10.6 Å². The van der Waals surface area contributed by atoms with Gasteiger partial charge in [-0.1, -0.05) is 30.6 Å². The number of aliphatic hydroxyl groups is 1. The van der Waals surface area contributed by atoms with Crippen LogP contribution in [0.1, 0.15) is 50.7 Å². The van der Waals surface area contributed by atoms with Gasteiger partial charge in [-0.05, 0) is 31.7 Å². The summed E-state index contributed by atoms with van der Waals surface area (Å²) in [5.74, 6) is 0.726. The minimum atomic E-state index is -0.748. The molecule has 0 aliphatic heterocycles. The maximum absolute atomic E-state index is 11.5. The molecular formula is C17H24N2O3S. The SMILES string of the molecule is C[C@@H](NCC(O)c1cc(O)cc2[nH]c(=O)sc12)C1CCCCC1. The molecule has 1 saturated carbocycles. The third-order valence-corrected chi connectivity index (χ3v) is 5.83. The number of aliphatic hydroxyl groups excluding tert-OH is 1. The van der Waals surface area contributed by atoms with Gasteiger partial charge >= 0.3 is 4.87 Å². The van der Waals surface area contributed by atoms with Crippen molar-refractivity contribution in [3.05, 3.63) is 27.4 Å². The van der Waals surface area contributed by atoms with Crippen molar-refractivity contribution in [2.24, 2.45) is 5.92 Å². The Kier molecular flexibility index (Phi) is 5.04. The summed E-state index contributed by atoms with van der Waals surface area (Å²) in [6.07, 6.45) is 5.68. The van der Waals surface area contributed by atoms with Crippen molar-refractivity contribution in [3.8, 4) is 5.75 Å². The van der Waals surface area contributed by atoms with E-state index in [1.165, 1.54) is 38.2 Å². The standard InChI is InChI=1S/C17H24N2O3S/c1-10(11-5-3-2-4-6-11)18-9-15(21)13-7-12(20)8-14-16(13)23-17(22)19-14/h7-8,10-11,15,18,20-21H,2-6,9H2,1H3,(H,19,22)/t10-,15?/m1/s1. The first-order valence-electron chi connectivity index (χ1n) is 8.32. The van der Waals surface area contributed by atoms with Crippen LogP contribution in [0.15, 0.2) is 16.9 Å². The molecule has 1 aliphatic carbocycles. The highest BCUT2D eigenvalue weighted by molar-refractivity contribution is 7.16. The number of nitrogens with one attached hydrogen (secondary N) is 2. The summed E-state index contributed by atoms with van der Waals surface area (Å²) in [5.41, 5.74) is 1.18. The van der Waals surface area contributed by atoms with Crippen molar-refractivity contribution in [1.82, 2.24) is 10.3 Å². The Morgan fingerprint density at radius 3 is 2.83 bits per heavy atom. The van der Waals surface area contributed by atoms with Gasteiger partial charge in [-0.25, -0.2) is 0 Å². The first kappa shape index (κ1) is 16.5. The van der Waals surface area contributed by atoms with Crippen molar-refractivity contribution in [3.63, 3.8) is 0 Å². The third-order valence-electron chi connectivity index (χ3n) is 4.88. The summed E-state index contributed by atoms with van der Waals surface area (Å²) in [4.78, 5) is 14.0. The topological polar surface area (TPSA) is 85.3 Å². The number of aromatic hydroxyl groups is 1. The molecule has 1 fully saturated rings. The molecule has 2 atom stereocenters. The molecule has 0 amide bonds. The van der Waals surface area contributed by atoms with E-state index in [1.54, 1.807) is 6.07 Å². The van der Waals surface area contributed by atoms with E-state index >= 15 is 0 Å². The molecule has 2 aromatic rings. The number of thiazole rings is 1. The second-order valence-corrected chi connectivity index (χ2v) is 7.52. The number of aromatic amines is 1. The van der Waals surface area contributed by atoms with Gasteiger partial charge < -0.3 is 20.5 Å². The van der Waals surface area contributed by atoms with Gasteiger partial charge in [-0.3, -0.25) is 4.79 Å². The predicted molar refractivity (Wildman–Crippen MR) is 93.1 cm³/mol. The predicted octanol–water partition coefficient (Wildman–Crippen LogP) is 2.89. The first-order valence-corrected chi connectivity index (χ1v) is 9.13. The van der Waals surface area contributed by atoms with Gasteiger partial charge in [0.25, 0.3) is 0 Å². The van der Waals surface area contributed by atoms with E-state index in [2.05, 4.69) is 17.2 Å². The van der Waals surface area contributed by atoms with Gasteiger partial charge in [0.1, 0.15) is 5.75 Å². The Morgan fingerprint density at radius 2 is 2.09 bits per heavy atom. The number of phenols is 1. The Hall–Kier alpha value is -1.37. The highest BCUT2D eigenvalue weighted by Crippen LogP contribution is 2.30. The highest BCUT2D eigenvalue weighted by atomic mass is 32.1. The second kappa shape index (κ2) is 7.03. The summed E-state index contributed by atoms with van der Waals surface area (Å²) in [6.45, 7) is 2.59. The monoisotopic (exact) mass is 336 g/mol. The van der Waals surface area contributed by atoms with E-state index in [9.17, 15) is 15.0 Å². The van der Waals surface area contributed by atoms with Crippen molar-refractivity contribution >= 4 is 21.6 Å². The molecule has 0 spiro atoms. The molecule has 23 heavy (non-hydrogen) atoms. The van der Waals surface area contributed by atoms with Crippen LogP contribution in [0.5, 0.6) is 5.75 Å². The normalized spacial score (nSPS) is 19.0. The van der Waals surface area contributed by atoms with Crippen molar-refractivity contribution in [2.75, 3.05) is 6.54 Å². The zero-order chi connectivity index (χ0) is 16.4. The molecule has 4 N–H and O–H groups in total. The minimum absolute atomic E-state index is 0.0564. The Balaban J connectivity index is 1.70. The second-order valence-electron chi connectivity index (χ2n) is 6.54. The lowest BCUT2D eigenvalue weighted by Gasteiger charge is -2.29. The smallest absolute Gasteiger partial charge is 0.305 e. The van der Waals surface area contributed by atoms with Gasteiger partial charge in [0.2, 0.25) is 0 Å².